The second-order valence-electron chi connectivity index (χ2n) is 4.57. The molecule has 0 aromatic heterocycles. The molecule has 0 heterocycles. The van der Waals surface area contributed by atoms with E-state index in [1.165, 1.54) is 0 Å². The van der Waals surface area contributed by atoms with Crippen LogP contribution in [0.25, 0.3) is 6.08 Å². The van der Waals surface area contributed by atoms with Gasteiger partial charge in [-0.25, -0.2) is 0 Å². The Balaban J connectivity index is 2.68. The number of benzene rings is 1. The van der Waals surface area contributed by atoms with Crippen LogP contribution in [0.5, 0.6) is 0 Å². The van der Waals surface area contributed by atoms with Gasteiger partial charge < -0.3 is 0 Å². The van der Waals surface area contributed by atoms with Gasteiger partial charge in [0.25, 0.3) is 0 Å². The summed E-state index contributed by atoms with van der Waals surface area (Å²) in [6.07, 6.45) is -1.24. The van der Waals surface area contributed by atoms with E-state index in [0.717, 1.165) is 5.56 Å². The van der Waals surface area contributed by atoms with Gasteiger partial charge in [0.2, 0.25) is 0 Å². The molecule has 5 heteroatoms. The molecule has 0 saturated carbocycles. The molecule has 0 saturated heterocycles. The van der Waals surface area contributed by atoms with E-state index < -0.39 is 6.29 Å². The zero-order chi connectivity index (χ0) is 14.3. The van der Waals surface area contributed by atoms with Crippen LogP contribution in [-0.2, 0) is 13.6 Å². The van der Waals surface area contributed by atoms with Crippen LogP contribution in [0.15, 0.2) is 35.3 Å². The minimum absolute atomic E-state index is 0.100. The van der Waals surface area contributed by atoms with Crippen LogP contribution >= 0.6 is 6.29 Å². The third-order valence-electron chi connectivity index (χ3n) is 1.93. The van der Waals surface area contributed by atoms with Crippen molar-refractivity contribution in [2.45, 2.75) is 39.9 Å². The molecule has 0 N–H and O–H groups in total. The minimum atomic E-state index is -2.99. The standard InChI is InChI=1S/C14H21O3PSe/c1-12(2)16-18(15,17-13(3)4)19-11-10-14-8-6-5-7-9-14/h5-13H,1-4H3/b11-10-. The molecular weight excluding hydrogens is 326 g/mol. The van der Waals surface area contributed by atoms with Gasteiger partial charge in [0, 0.05) is 0 Å². The van der Waals surface area contributed by atoms with Crippen molar-refractivity contribution in [2.75, 3.05) is 0 Å². The molecule has 19 heavy (non-hydrogen) atoms. The van der Waals surface area contributed by atoms with Crippen molar-refractivity contribution in [1.29, 1.82) is 0 Å². The molecule has 0 spiro atoms. The predicted molar refractivity (Wildman–Crippen MR) is 81.3 cm³/mol. The quantitative estimate of drug-likeness (QED) is 0.544. The van der Waals surface area contributed by atoms with Crippen molar-refractivity contribution in [3.05, 3.63) is 40.9 Å². The first-order chi connectivity index (χ1) is 8.91. The van der Waals surface area contributed by atoms with Crippen molar-refractivity contribution in [3.63, 3.8) is 0 Å². The fourth-order valence-electron chi connectivity index (χ4n) is 1.34. The summed E-state index contributed by atoms with van der Waals surface area (Å²) in [6.45, 7) is 7.47. The average Bonchev–Trinajstić information content (AvgIpc) is 2.27. The number of hydrogen-bond donors (Lipinski definition) is 0. The van der Waals surface area contributed by atoms with Gasteiger partial charge in [0.15, 0.2) is 0 Å². The SMILES string of the molecule is CC(C)OP(=O)(OC(C)C)[Se]/C=C\c1ccccc1. The number of hydrogen-bond acceptors (Lipinski definition) is 3. The fourth-order valence-corrected chi connectivity index (χ4v) is 7.17. The summed E-state index contributed by atoms with van der Waals surface area (Å²) in [4.78, 5) is 1.91. The predicted octanol–water partition coefficient (Wildman–Crippen LogP) is 4.32. The zero-order valence-electron chi connectivity index (χ0n) is 11.8. The number of rotatable bonds is 7. The van der Waals surface area contributed by atoms with E-state index in [0.29, 0.717) is 0 Å². The second-order valence-corrected chi connectivity index (χ2v) is 10.8. The molecule has 1 aromatic carbocycles. The van der Waals surface area contributed by atoms with Crippen molar-refractivity contribution in [1.82, 2.24) is 0 Å². The molecule has 0 aliphatic heterocycles. The first-order valence-corrected chi connectivity index (χ1v) is 11.0. The Bertz CT molecular complexity index is 429. The molecular formula is C14H21O3PSe. The Morgan fingerprint density at radius 2 is 1.58 bits per heavy atom. The maximum atomic E-state index is 12.6. The third-order valence-corrected chi connectivity index (χ3v) is 7.43. The molecule has 0 aliphatic carbocycles. The normalized spacial score (nSPS) is 12.7. The van der Waals surface area contributed by atoms with E-state index in [4.69, 9.17) is 9.05 Å². The summed E-state index contributed by atoms with van der Waals surface area (Å²) in [5.74, 6) is 0. The van der Waals surface area contributed by atoms with Crippen LogP contribution in [0.1, 0.15) is 33.3 Å². The summed E-state index contributed by atoms with van der Waals surface area (Å²) in [6, 6.07) is 9.92. The summed E-state index contributed by atoms with van der Waals surface area (Å²) in [5, 5.41) is 0. The van der Waals surface area contributed by atoms with Crippen LogP contribution < -0.4 is 0 Å². The summed E-state index contributed by atoms with van der Waals surface area (Å²) in [5.41, 5.74) is 1.09. The Morgan fingerprint density at radius 3 is 2.05 bits per heavy atom. The van der Waals surface area contributed by atoms with Crippen LogP contribution in [0, 0.1) is 0 Å². The maximum absolute atomic E-state index is 12.6. The molecule has 0 fully saturated rings. The van der Waals surface area contributed by atoms with Gasteiger partial charge in [-0.2, -0.15) is 0 Å². The van der Waals surface area contributed by atoms with Gasteiger partial charge in [-0.05, 0) is 0 Å². The van der Waals surface area contributed by atoms with Crippen molar-refractivity contribution >= 4 is 26.9 Å². The van der Waals surface area contributed by atoms with E-state index in [1.54, 1.807) is 0 Å². The molecule has 0 radical (unpaired) electrons. The van der Waals surface area contributed by atoms with Crippen molar-refractivity contribution < 1.29 is 13.6 Å². The van der Waals surface area contributed by atoms with Gasteiger partial charge in [-0.3, -0.25) is 0 Å². The van der Waals surface area contributed by atoms with E-state index in [2.05, 4.69) is 0 Å². The molecule has 0 bridgehead atoms. The van der Waals surface area contributed by atoms with E-state index in [1.807, 2.05) is 69.1 Å². The van der Waals surface area contributed by atoms with Crippen LogP contribution in [0.4, 0.5) is 0 Å². The summed E-state index contributed by atoms with van der Waals surface area (Å²) >= 11 is -0.322. The van der Waals surface area contributed by atoms with Gasteiger partial charge in [-0.1, -0.05) is 0 Å². The Kier molecular flexibility index (Phi) is 7.06. The monoisotopic (exact) mass is 348 g/mol. The van der Waals surface area contributed by atoms with Crippen LogP contribution in [-0.4, -0.2) is 26.7 Å². The summed E-state index contributed by atoms with van der Waals surface area (Å²) in [7, 11) is 0. The van der Waals surface area contributed by atoms with E-state index in [-0.39, 0.29) is 26.7 Å². The van der Waals surface area contributed by atoms with E-state index >= 15 is 0 Å². The Morgan fingerprint density at radius 1 is 1.05 bits per heavy atom. The molecule has 0 unspecified atom stereocenters. The third kappa shape index (κ3) is 7.10. The van der Waals surface area contributed by atoms with E-state index in [9.17, 15) is 4.57 Å². The van der Waals surface area contributed by atoms with Crippen molar-refractivity contribution in [2.24, 2.45) is 0 Å². The molecule has 3 nitrogen and oxygen atoms in total. The summed E-state index contributed by atoms with van der Waals surface area (Å²) < 4.78 is 23.5. The molecule has 1 rings (SSSR count). The first kappa shape index (κ1) is 16.7. The van der Waals surface area contributed by atoms with Gasteiger partial charge in [0.1, 0.15) is 0 Å². The molecule has 106 valence electrons. The van der Waals surface area contributed by atoms with Gasteiger partial charge >= 0.3 is 121 Å². The van der Waals surface area contributed by atoms with Crippen LogP contribution in [0.3, 0.4) is 0 Å². The molecule has 0 aliphatic rings. The molecule has 0 atom stereocenters. The zero-order valence-corrected chi connectivity index (χ0v) is 14.4. The topological polar surface area (TPSA) is 35.5 Å². The fraction of sp³-hybridized carbons (Fsp3) is 0.429. The first-order valence-electron chi connectivity index (χ1n) is 6.28. The Hall–Kier alpha value is -0.371. The van der Waals surface area contributed by atoms with Gasteiger partial charge in [0.05, 0.1) is 0 Å². The second kappa shape index (κ2) is 8.04. The molecule has 1 aromatic rings. The van der Waals surface area contributed by atoms with Crippen LogP contribution in [0.2, 0.25) is 0 Å². The Labute approximate surface area is 121 Å². The molecule has 0 amide bonds. The van der Waals surface area contributed by atoms with Gasteiger partial charge in [-0.15, -0.1) is 0 Å². The average molecular weight is 347 g/mol. The van der Waals surface area contributed by atoms with Crippen molar-refractivity contribution in [3.8, 4) is 0 Å².